The SMILES string of the molecule is CCCn1ccnc1C(F)C1CCCCN1. The van der Waals surface area contributed by atoms with Crippen LogP contribution in [0.5, 0.6) is 0 Å². The molecule has 0 aliphatic carbocycles. The minimum absolute atomic E-state index is 0.0493. The van der Waals surface area contributed by atoms with Crippen LogP contribution >= 0.6 is 0 Å². The number of nitrogens with zero attached hydrogens (tertiary/aromatic N) is 2. The average Bonchev–Trinajstić information content (AvgIpc) is 2.78. The molecule has 0 saturated carbocycles. The van der Waals surface area contributed by atoms with E-state index >= 15 is 0 Å². The molecule has 2 heterocycles. The summed E-state index contributed by atoms with van der Waals surface area (Å²) in [5, 5.41) is 3.25. The van der Waals surface area contributed by atoms with Crippen LogP contribution in [0.2, 0.25) is 0 Å². The van der Waals surface area contributed by atoms with E-state index in [4.69, 9.17) is 0 Å². The van der Waals surface area contributed by atoms with Crippen LogP contribution in [0, 0.1) is 0 Å². The molecule has 1 fully saturated rings. The van der Waals surface area contributed by atoms with Gasteiger partial charge in [-0.05, 0) is 25.8 Å². The van der Waals surface area contributed by atoms with E-state index in [2.05, 4.69) is 17.2 Å². The van der Waals surface area contributed by atoms with Gasteiger partial charge in [0.15, 0.2) is 6.17 Å². The van der Waals surface area contributed by atoms with Crippen molar-refractivity contribution in [2.45, 2.75) is 51.4 Å². The number of halogens is 1. The summed E-state index contributed by atoms with van der Waals surface area (Å²) < 4.78 is 16.2. The predicted molar refractivity (Wildman–Crippen MR) is 62.0 cm³/mol. The van der Waals surface area contributed by atoms with Crippen LogP contribution in [-0.2, 0) is 6.54 Å². The Balaban J connectivity index is 2.06. The fraction of sp³-hybridized carbons (Fsp3) is 0.750. The van der Waals surface area contributed by atoms with Crippen molar-refractivity contribution in [2.24, 2.45) is 0 Å². The van der Waals surface area contributed by atoms with Gasteiger partial charge in [0.05, 0.1) is 0 Å². The summed E-state index contributed by atoms with van der Waals surface area (Å²) in [6.45, 7) is 3.87. The van der Waals surface area contributed by atoms with Gasteiger partial charge in [-0.3, -0.25) is 0 Å². The first-order valence-corrected chi connectivity index (χ1v) is 6.21. The second kappa shape index (κ2) is 5.43. The second-order valence-corrected chi connectivity index (χ2v) is 4.44. The van der Waals surface area contributed by atoms with Crippen LogP contribution in [0.4, 0.5) is 4.39 Å². The van der Waals surface area contributed by atoms with E-state index < -0.39 is 6.17 Å². The van der Waals surface area contributed by atoms with Gasteiger partial charge in [-0.15, -0.1) is 0 Å². The van der Waals surface area contributed by atoms with Crippen molar-refractivity contribution < 1.29 is 4.39 Å². The highest BCUT2D eigenvalue weighted by atomic mass is 19.1. The third-order valence-corrected chi connectivity index (χ3v) is 3.16. The van der Waals surface area contributed by atoms with Crippen LogP contribution in [0.15, 0.2) is 12.4 Å². The molecule has 0 radical (unpaired) electrons. The number of imidazole rings is 1. The van der Waals surface area contributed by atoms with Crippen LogP contribution in [0.3, 0.4) is 0 Å². The smallest absolute Gasteiger partial charge is 0.173 e. The molecule has 2 rings (SSSR count). The second-order valence-electron chi connectivity index (χ2n) is 4.44. The number of aryl methyl sites for hydroxylation is 1. The molecule has 0 spiro atoms. The standard InChI is InChI=1S/C12H20FN3/c1-2-8-16-9-7-15-12(16)11(13)10-5-3-4-6-14-10/h7,9-11,14H,2-6,8H2,1H3. The Kier molecular flexibility index (Phi) is 3.93. The van der Waals surface area contributed by atoms with Crippen molar-refractivity contribution in [3.05, 3.63) is 18.2 Å². The van der Waals surface area contributed by atoms with Crippen molar-refractivity contribution in [3.8, 4) is 0 Å². The van der Waals surface area contributed by atoms with Gasteiger partial charge in [-0.25, -0.2) is 9.37 Å². The van der Waals surface area contributed by atoms with Gasteiger partial charge in [-0.1, -0.05) is 13.3 Å². The summed E-state index contributed by atoms with van der Waals surface area (Å²) in [6.07, 6.45) is 6.80. The molecule has 3 nitrogen and oxygen atoms in total. The van der Waals surface area contributed by atoms with Gasteiger partial charge in [0.1, 0.15) is 5.82 Å². The number of rotatable bonds is 4. The molecular formula is C12H20FN3. The first kappa shape index (κ1) is 11.6. The zero-order valence-electron chi connectivity index (χ0n) is 9.82. The summed E-state index contributed by atoms with van der Waals surface area (Å²) in [5.41, 5.74) is 0. The highest BCUT2D eigenvalue weighted by Gasteiger charge is 2.27. The van der Waals surface area contributed by atoms with E-state index in [1.165, 1.54) is 0 Å². The molecule has 2 atom stereocenters. The fourth-order valence-electron chi connectivity index (χ4n) is 2.31. The molecule has 1 N–H and O–H groups in total. The third-order valence-electron chi connectivity index (χ3n) is 3.16. The lowest BCUT2D eigenvalue weighted by molar-refractivity contribution is 0.206. The maximum Gasteiger partial charge on any atom is 0.173 e. The Morgan fingerprint density at radius 1 is 1.62 bits per heavy atom. The van der Waals surface area contributed by atoms with Gasteiger partial charge in [0, 0.05) is 25.0 Å². The number of aromatic nitrogens is 2. The molecule has 1 aromatic rings. The molecule has 1 aliphatic heterocycles. The zero-order chi connectivity index (χ0) is 11.4. The summed E-state index contributed by atoms with van der Waals surface area (Å²) in [5.74, 6) is 0.584. The first-order valence-electron chi connectivity index (χ1n) is 6.21. The van der Waals surface area contributed by atoms with Gasteiger partial charge < -0.3 is 9.88 Å². The Morgan fingerprint density at radius 3 is 3.19 bits per heavy atom. The molecule has 16 heavy (non-hydrogen) atoms. The summed E-state index contributed by atoms with van der Waals surface area (Å²) in [4.78, 5) is 4.16. The molecule has 0 amide bonds. The Morgan fingerprint density at radius 2 is 2.50 bits per heavy atom. The maximum atomic E-state index is 14.3. The third kappa shape index (κ3) is 2.43. The van der Waals surface area contributed by atoms with E-state index in [0.717, 1.165) is 38.8 Å². The van der Waals surface area contributed by atoms with E-state index in [0.29, 0.717) is 5.82 Å². The lowest BCUT2D eigenvalue weighted by Gasteiger charge is -2.26. The molecule has 0 aromatic carbocycles. The highest BCUT2D eigenvalue weighted by Crippen LogP contribution is 2.25. The van der Waals surface area contributed by atoms with E-state index in [-0.39, 0.29) is 6.04 Å². The zero-order valence-corrected chi connectivity index (χ0v) is 9.82. The molecule has 4 heteroatoms. The van der Waals surface area contributed by atoms with Crippen molar-refractivity contribution in [2.75, 3.05) is 6.54 Å². The summed E-state index contributed by atoms with van der Waals surface area (Å²) in [7, 11) is 0. The number of hydrogen-bond acceptors (Lipinski definition) is 2. The molecule has 90 valence electrons. The topological polar surface area (TPSA) is 29.9 Å². The minimum Gasteiger partial charge on any atom is -0.332 e. The van der Waals surface area contributed by atoms with Crippen molar-refractivity contribution in [1.29, 1.82) is 0 Å². The molecule has 1 saturated heterocycles. The van der Waals surface area contributed by atoms with Crippen molar-refractivity contribution in [1.82, 2.24) is 14.9 Å². The Hall–Kier alpha value is -0.900. The molecular weight excluding hydrogens is 205 g/mol. The number of hydrogen-bond donors (Lipinski definition) is 1. The monoisotopic (exact) mass is 225 g/mol. The van der Waals surface area contributed by atoms with E-state index in [1.807, 2.05) is 10.8 Å². The minimum atomic E-state index is -0.971. The van der Waals surface area contributed by atoms with Crippen LogP contribution < -0.4 is 5.32 Å². The lowest BCUT2D eigenvalue weighted by atomic mass is 10.0. The Bertz CT molecular complexity index is 318. The van der Waals surface area contributed by atoms with Crippen molar-refractivity contribution >= 4 is 0 Å². The average molecular weight is 225 g/mol. The number of alkyl halides is 1. The Labute approximate surface area is 96.1 Å². The summed E-state index contributed by atoms with van der Waals surface area (Å²) >= 11 is 0. The number of piperidine rings is 1. The summed E-state index contributed by atoms with van der Waals surface area (Å²) in [6, 6.07) is -0.0493. The lowest BCUT2D eigenvalue weighted by Crippen LogP contribution is -2.38. The molecule has 2 unspecified atom stereocenters. The normalized spacial score (nSPS) is 23.2. The van der Waals surface area contributed by atoms with Gasteiger partial charge in [-0.2, -0.15) is 0 Å². The van der Waals surface area contributed by atoms with Crippen molar-refractivity contribution in [3.63, 3.8) is 0 Å². The molecule has 1 aliphatic rings. The van der Waals surface area contributed by atoms with Gasteiger partial charge in [0.2, 0.25) is 0 Å². The molecule has 0 bridgehead atoms. The molecule has 1 aromatic heterocycles. The maximum absolute atomic E-state index is 14.3. The van der Waals surface area contributed by atoms with Gasteiger partial charge in [0.25, 0.3) is 0 Å². The number of nitrogens with one attached hydrogen (secondary N) is 1. The highest BCUT2D eigenvalue weighted by molar-refractivity contribution is 5.01. The largest absolute Gasteiger partial charge is 0.332 e. The van der Waals surface area contributed by atoms with Crippen LogP contribution in [0.1, 0.15) is 44.6 Å². The van der Waals surface area contributed by atoms with E-state index in [9.17, 15) is 4.39 Å². The van der Waals surface area contributed by atoms with Crippen LogP contribution in [-0.4, -0.2) is 22.1 Å². The first-order chi connectivity index (χ1) is 7.83. The predicted octanol–water partition coefficient (Wildman–Crippen LogP) is 2.45. The van der Waals surface area contributed by atoms with E-state index in [1.54, 1.807) is 6.20 Å². The quantitative estimate of drug-likeness (QED) is 0.853. The van der Waals surface area contributed by atoms with Crippen LogP contribution in [0.25, 0.3) is 0 Å². The van der Waals surface area contributed by atoms with Gasteiger partial charge >= 0.3 is 0 Å². The fourth-order valence-corrected chi connectivity index (χ4v) is 2.31.